The molecular weight excluding hydrogens is 198 g/mol. The fourth-order valence-corrected chi connectivity index (χ4v) is 2.04. The summed E-state index contributed by atoms with van der Waals surface area (Å²) in [5.41, 5.74) is 1.56. The molecule has 0 amide bonds. The maximum absolute atomic E-state index is 5.38. The van der Waals surface area contributed by atoms with Gasteiger partial charge in [0, 0.05) is 19.8 Å². The Kier molecular flexibility index (Phi) is 6.74. The van der Waals surface area contributed by atoms with Crippen molar-refractivity contribution in [2.24, 2.45) is 11.8 Å². The summed E-state index contributed by atoms with van der Waals surface area (Å²) in [5.74, 6) is 1.49. The van der Waals surface area contributed by atoms with Crippen LogP contribution in [0, 0.1) is 11.8 Å². The molecule has 0 aromatic heterocycles. The smallest absolute Gasteiger partial charge is 0.0471 e. The molecule has 2 heteroatoms. The van der Waals surface area contributed by atoms with E-state index in [1.165, 1.54) is 19.3 Å². The van der Waals surface area contributed by atoms with Crippen LogP contribution < -0.4 is 5.32 Å². The normalized spacial score (nSPS) is 19.4. The summed E-state index contributed by atoms with van der Waals surface area (Å²) in [5, 5.41) is 3.53. The first kappa shape index (κ1) is 13.7. The molecule has 0 bridgehead atoms. The van der Waals surface area contributed by atoms with E-state index in [-0.39, 0.29) is 0 Å². The van der Waals surface area contributed by atoms with E-state index in [1.54, 1.807) is 5.57 Å². The van der Waals surface area contributed by atoms with Gasteiger partial charge in [0.1, 0.15) is 0 Å². The first-order valence-corrected chi connectivity index (χ1v) is 6.70. The average Bonchev–Trinajstić information content (AvgIpc) is 2.28. The molecule has 2 nitrogen and oxygen atoms in total. The van der Waals surface area contributed by atoms with Gasteiger partial charge in [0.2, 0.25) is 0 Å². The predicted octanol–water partition coefficient (Wildman–Crippen LogP) is 3.00. The highest BCUT2D eigenvalue weighted by Gasteiger charge is 2.11. The zero-order valence-corrected chi connectivity index (χ0v) is 11.1. The van der Waals surface area contributed by atoms with Crippen molar-refractivity contribution in [1.29, 1.82) is 0 Å². The van der Waals surface area contributed by atoms with Gasteiger partial charge in [-0.3, -0.25) is 0 Å². The average molecular weight is 225 g/mol. The highest BCUT2D eigenvalue weighted by atomic mass is 16.5. The molecule has 94 valence electrons. The summed E-state index contributed by atoms with van der Waals surface area (Å²) in [4.78, 5) is 0. The second kappa shape index (κ2) is 7.86. The monoisotopic (exact) mass is 225 g/mol. The zero-order valence-electron chi connectivity index (χ0n) is 11.1. The van der Waals surface area contributed by atoms with Gasteiger partial charge >= 0.3 is 0 Å². The van der Waals surface area contributed by atoms with Crippen LogP contribution in [0.3, 0.4) is 0 Å². The highest BCUT2D eigenvalue weighted by Crippen LogP contribution is 2.18. The van der Waals surface area contributed by atoms with E-state index in [0.717, 1.165) is 38.1 Å². The zero-order chi connectivity index (χ0) is 11.8. The van der Waals surface area contributed by atoms with Crippen molar-refractivity contribution in [2.75, 3.05) is 26.3 Å². The third-order valence-electron chi connectivity index (χ3n) is 3.10. The second-order valence-corrected chi connectivity index (χ2v) is 5.15. The highest BCUT2D eigenvalue weighted by molar-refractivity contribution is 5.06. The minimum absolute atomic E-state index is 0.737. The Morgan fingerprint density at radius 2 is 2.06 bits per heavy atom. The molecule has 1 N–H and O–H groups in total. The van der Waals surface area contributed by atoms with Crippen molar-refractivity contribution < 1.29 is 4.74 Å². The molecule has 0 aliphatic carbocycles. The van der Waals surface area contributed by atoms with Crippen molar-refractivity contribution in [1.82, 2.24) is 5.32 Å². The first-order chi connectivity index (χ1) is 7.72. The lowest BCUT2D eigenvalue weighted by Crippen LogP contribution is -2.23. The minimum Gasteiger partial charge on any atom is -0.381 e. The summed E-state index contributed by atoms with van der Waals surface area (Å²) in [6, 6.07) is 0. The molecule has 1 saturated heterocycles. The molecule has 1 rings (SSSR count). The van der Waals surface area contributed by atoms with E-state index in [2.05, 4.69) is 32.2 Å². The summed E-state index contributed by atoms with van der Waals surface area (Å²) in [6.07, 6.45) is 6.06. The van der Waals surface area contributed by atoms with Gasteiger partial charge < -0.3 is 10.1 Å². The van der Waals surface area contributed by atoms with Gasteiger partial charge in [-0.25, -0.2) is 0 Å². The number of allylic oxidation sites excluding steroid dienone is 1. The van der Waals surface area contributed by atoms with E-state index in [4.69, 9.17) is 4.74 Å². The van der Waals surface area contributed by atoms with Crippen molar-refractivity contribution in [3.8, 4) is 0 Å². The molecule has 1 aliphatic rings. The van der Waals surface area contributed by atoms with Crippen molar-refractivity contribution in [2.45, 2.75) is 40.0 Å². The number of rotatable bonds is 6. The van der Waals surface area contributed by atoms with Crippen LogP contribution in [-0.4, -0.2) is 26.3 Å². The fraction of sp³-hybridized carbons (Fsp3) is 0.857. The second-order valence-electron chi connectivity index (χ2n) is 5.15. The Labute approximate surface area is 100 Å². The minimum atomic E-state index is 0.737. The number of hydrogen-bond acceptors (Lipinski definition) is 2. The van der Waals surface area contributed by atoms with Crippen LogP contribution in [-0.2, 0) is 4.74 Å². The van der Waals surface area contributed by atoms with Crippen molar-refractivity contribution >= 4 is 0 Å². The topological polar surface area (TPSA) is 21.3 Å². The van der Waals surface area contributed by atoms with E-state index in [9.17, 15) is 0 Å². The van der Waals surface area contributed by atoms with Crippen LogP contribution in [0.25, 0.3) is 0 Å². The molecule has 0 unspecified atom stereocenters. The molecule has 0 spiro atoms. The number of nitrogens with one attached hydrogen (secondary N) is 1. The lowest BCUT2D eigenvalue weighted by Gasteiger charge is -2.20. The Bertz CT molecular complexity index is 205. The number of hydrogen-bond donors (Lipinski definition) is 1. The molecule has 0 aromatic rings. The quantitative estimate of drug-likeness (QED) is 0.702. The lowest BCUT2D eigenvalue weighted by molar-refractivity contribution is 0.0783. The van der Waals surface area contributed by atoms with Crippen LogP contribution >= 0.6 is 0 Å². The van der Waals surface area contributed by atoms with Crippen molar-refractivity contribution in [3.63, 3.8) is 0 Å². The summed E-state index contributed by atoms with van der Waals surface area (Å²) < 4.78 is 5.38. The molecule has 16 heavy (non-hydrogen) atoms. The van der Waals surface area contributed by atoms with Gasteiger partial charge in [0.05, 0.1) is 0 Å². The molecule has 0 radical (unpaired) electrons. The van der Waals surface area contributed by atoms with Gasteiger partial charge in [-0.15, -0.1) is 0 Å². The number of ether oxygens (including phenoxy) is 1. The molecule has 0 atom stereocenters. The van der Waals surface area contributed by atoms with Crippen LogP contribution in [0.1, 0.15) is 40.0 Å². The molecule has 1 aliphatic heterocycles. The van der Waals surface area contributed by atoms with Gasteiger partial charge in [-0.05, 0) is 37.6 Å². The summed E-state index contributed by atoms with van der Waals surface area (Å²) >= 11 is 0. The van der Waals surface area contributed by atoms with E-state index >= 15 is 0 Å². The van der Waals surface area contributed by atoms with Gasteiger partial charge in [0.25, 0.3) is 0 Å². The third-order valence-corrected chi connectivity index (χ3v) is 3.10. The molecule has 1 heterocycles. The van der Waals surface area contributed by atoms with Gasteiger partial charge in [-0.2, -0.15) is 0 Å². The van der Waals surface area contributed by atoms with Crippen molar-refractivity contribution in [3.05, 3.63) is 11.6 Å². The standard InChI is InChI=1S/C14H27NO/c1-4-13(11-15-10-12(2)3)9-14-5-7-16-8-6-14/h9,12,14-15H,4-8,10-11H2,1-3H3. The Morgan fingerprint density at radius 3 is 2.62 bits per heavy atom. The summed E-state index contributed by atoms with van der Waals surface area (Å²) in [7, 11) is 0. The fourth-order valence-electron chi connectivity index (χ4n) is 2.04. The van der Waals surface area contributed by atoms with Gasteiger partial charge in [-0.1, -0.05) is 32.4 Å². The summed E-state index contributed by atoms with van der Waals surface area (Å²) in [6.45, 7) is 10.8. The van der Waals surface area contributed by atoms with Crippen LogP contribution in [0.4, 0.5) is 0 Å². The maximum atomic E-state index is 5.38. The Morgan fingerprint density at radius 1 is 1.38 bits per heavy atom. The maximum Gasteiger partial charge on any atom is 0.0471 e. The van der Waals surface area contributed by atoms with E-state index < -0.39 is 0 Å². The lowest BCUT2D eigenvalue weighted by atomic mass is 9.96. The molecule has 0 aromatic carbocycles. The van der Waals surface area contributed by atoms with Crippen LogP contribution in [0.2, 0.25) is 0 Å². The first-order valence-electron chi connectivity index (χ1n) is 6.70. The molecule has 1 fully saturated rings. The van der Waals surface area contributed by atoms with Gasteiger partial charge in [0.15, 0.2) is 0 Å². The predicted molar refractivity (Wildman–Crippen MR) is 69.6 cm³/mol. The Balaban J connectivity index is 2.30. The van der Waals surface area contributed by atoms with Crippen LogP contribution in [0.5, 0.6) is 0 Å². The van der Waals surface area contributed by atoms with E-state index in [1.807, 2.05) is 0 Å². The SMILES string of the molecule is CCC(=CC1CCOCC1)CNCC(C)C. The largest absolute Gasteiger partial charge is 0.381 e. The Hall–Kier alpha value is -0.340. The molecule has 0 saturated carbocycles. The van der Waals surface area contributed by atoms with E-state index in [0.29, 0.717) is 0 Å². The molecular formula is C14H27NO. The third kappa shape index (κ3) is 5.66. The van der Waals surface area contributed by atoms with Crippen LogP contribution in [0.15, 0.2) is 11.6 Å².